The Morgan fingerprint density at radius 3 is 2.61 bits per heavy atom. The second-order valence-corrected chi connectivity index (χ2v) is 9.06. The summed E-state index contributed by atoms with van der Waals surface area (Å²) in [6, 6.07) is 22.2. The van der Waals surface area contributed by atoms with Crippen molar-refractivity contribution in [2.75, 3.05) is 19.7 Å². The number of nitrogens with zero attached hydrogens (tertiary/aromatic N) is 2. The van der Waals surface area contributed by atoms with Gasteiger partial charge in [-0.1, -0.05) is 60.7 Å². The fourth-order valence-corrected chi connectivity index (χ4v) is 5.60. The average Bonchev–Trinajstić information content (AvgIpc) is 3.36. The van der Waals surface area contributed by atoms with E-state index in [1.165, 1.54) is 11.1 Å². The molecule has 2 atom stereocenters. The maximum Gasteiger partial charge on any atom is 0.411 e. The Balaban J connectivity index is 1.09. The molecular formula is C27H26N2O4. The van der Waals surface area contributed by atoms with Gasteiger partial charge in [0.2, 0.25) is 0 Å². The number of benzene rings is 3. The van der Waals surface area contributed by atoms with Crippen molar-refractivity contribution in [1.82, 2.24) is 9.80 Å². The third kappa shape index (κ3) is 3.50. The molecule has 0 N–H and O–H groups in total. The lowest BCUT2D eigenvalue weighted by Crippen LogP contribution is -2.48. The highest BCUT2D eigenvalue weighted by atomic mass is 16.6. The van der Waals surface area contributed by atoms with Crippen molar-refractivity contribution in [1.29, 1.82) is 0 Å². The van der Waals surface area contributed by atoms with Gasteiger partial charge in [0.25, 0.3) is 5.91 Å². The van der Waals surface area contributed by atoms with E-state index in [2.05, 4.69) is 12.1 Å². The molecule has 2 heterocycles. The molecule has 0 spiro atoms. The fourth-order valence-electron chi connectivity index (χ4n) is 5.60. The van der Waals surface area contributed by atoms with E-state index in [1.807, 2.05) is 64.4 Å². The Labute approximate surface area is 192 Å². The molecule has 2 amide bonds. The maximum atomic E-state index is 12.8. The summed E-state index contributed by atoms with van der Waals surface area (Å²) in [5, 5.41) is 2.10. The Hall–Kier alpha value is -3.54. The van der Waals surface area contributed by atoms with Crippen LogP contribution in [0.25, 0.3) is 10.8 Å². The van der Waals surface area contributed by atoms with Gasteiger partial charge in [-0.3, -0.25) is 9.69 Å². The van der Waals surface area contributed by atoms with Crippen LogP contribution in [0.4, 0.5) is 4.79 Å². The summed E-state index contributed by atoms with van der Waals surface area (Å²) in [6.45, 7) is 1.25. The number of rotatable bonds is 4. The lowest BCUT2D eigenvalue weighted by Gasteiger charge is -2.37. The van der Waals surface area contributed by atoms with Gasteiger partial charge in [-0.15, -0.1) is 0 Å². The van der Waals surface area contributed by atoms with Crippen LogP contribution >= 0.6 is 0 Å². The molecule has 168 valence electrons. The van der Waals surface area contributed by atoms with Crippen LogP contribution in [-0.4, -0.2) is 53.6 Å². The van der Waals surface area contributed by atoms with Crippen LogP contribution < -0.4 is 4.74 Å². The SMILES string of the molecule is O=C(COc1cccc2ccccc12)N1CCC(N2C(=O)O[C@H]3Cc4ccccc4[C@H]32)CC1. The molecule has 6 nitrogen and oxygen atoms in total. The lowest BCUT2D eigenvalue weighted by atomic mass is 9.99. The first-order valence-electron chi connectivity index (χ1n) is 11.6. The number of carbonyl (C=O) groups excluding carboxylic acids is 2. The monoisotopic (exact) mass is 442 g/mol. The van der Waals surface area contributed by atoms with E-state index in [1.54, 1.807) is 0 Å². The lowest BCUT2D eigenvalue weighted by molar-refractivity contribution is -0.134. The molecule has 6 rings (SSSR count). The van der Waals surface area contributed by atoms with Crippen LogP contribution in [0, 0.1) is 0 Å². The van der Waals surface area contributed by atoms with Gasteiger partial charge in [0, 0.05) is 30.9 Å². The van der Waals surface area contributed by atoms with Crippen LogP contribution in [0.15, 0.2) is 66.7 Å². The number of carbonyl (C=O) groups is 2. The number of hydrogen-bond acceptors (Lipinski definition) is 4. The smallest absolute Gasteiger partial charge is 0.411 e. The molecule has 6 heteroatoms. The van der Waals surface area contributed by atoms with Crippen molar-refractivity contribution in [3.8, 4) is 5.75 Å². The minimum Gasteiger partial charge on any atom is -0.483 e. The number of amides is 2. The maximum absolute atomic E-state index is 12.8. The number of ether oxygens (including phenoxy) is 2. The normalized spacial score (nSPS) is 22.2. The molecule has 3 aliphatic rings. The molecule has 3 aromatic rings. The van der Waals surface area contributed by atoms with Gasteiger partial charge in [-0.25, -0.2) is 4.79 Å². The average molecular weight is 443 g/mol. The van der Waals surface area contributed by atoms with E-state index in [9.17, 15) is 9.59 Å². The van der Waals surface area contributed by atoms with Gasteiger partial charge in [0.05, 0.1) is 6.04 Å². The molecule has 0 aromatic heterocycles. The van der Waals surface area contributed by atoms with E-state index in [-0.39, 0.29) is 36.8 Å². The fraction of sp³-hybridized carbons (Fsp3) is 0.333. The topological polar surface area (TPSA) is 59.1 Å². The molecule has 0 radical (unpaired) electrons. The molecule has 3 aromatic carbocycles. The van der Waals surface area contributed by atoms with Crippen LogP contribution in [-0.2, 0) is 16.0 Å². The highest BCUT2D eigenvalue weighted by molar-refractivity contribution is 5.88. The van der Waals surface area contributed by atoms with Gasteiger partial charge in [0.15, 0.2) is 6.61 Å². The Kier molecular flexibility index (Phi) is 4.93. The third-order valence-corrected chi connectivity index (χ3v) is 7.22. The number of likely N-dealkylation sites (tertiary alicyclic amines) is 1. The van der Waals surface area contributed by atoms with Crippen molar-refractivity contribution in [2.45, 2.75) is 37.5 Å². The summed E-state index contributed by atoms with van der Waals surface area (Å²) in [5.74, 6) is 0.705. The van der Waals surface area contributed by atoms with Crippen molar-refractivity contribution in [3.05, 3.63) is 77.9 Å². The number of fused-ring (bicyclic) bond motifs is 4. The molecular weight excluding hydrogens is 416 g/mol. The highest BCUT2D eigenvalue weighted by Gasteiger charge is 2.50. The van der Waals surface area contributed by atoms with Gasteiger partial charge >= 0.3 is 6.09 Å². The molecule has 2 aliphatic heterocycles. The van der Waals surface area contributed by atoms with Crippen LogP contribution in [0.2, 0.25) is 0 Å². The van der Waals surface area contributed by atoms with Gasteiger partial charge < -0.3 is 14.4 Å². The van der Waals surface area contributed by atoms with E-state index in [4.69, 9.17) is 9.47 Å². The zero-order chi connectivity index (χ0) is 22.4. The molecule has 0 bridgehead atoms. The van der Waals surface area contributed by atoms with Gasteiger partial charge in [-0.05, 0) is 35.4 Å². The van der Waals surface area contributed by atoms with Gasteiger partial charge in [0.1, 0.15) is 11.9 Å². The summed E-state index contributed by atoms with van der Waals surface area (Å²) in [6.07, 6.45) is 1.97. The molecule has 2 fully saturated rings. The largest absolute Gasteiger partial charge is 0.483 e. The van der Waals surface area contributed by atoms with Crippen molar-refractivity contribution in [3.63, 3.8) is 0 Å². The Morgan fingerprint density at radius 1 is 0.970 bits per heavy atom. The van der Waals surface area contributed by atoms with E-state index in [0.29, 0.717) is 13.1 Å². The van der Waals surface area contributed by atoms with Crippen LogP contribution in [0.5, 0.6) is 5.75 Å². The summed E-state index contributed by atoms with van der Waals surface area (Å²) in [7, 11) is 0. The molecule has 0 unspecified atom stereocenters. The summed E-state index contributed by atoms with van der Waals surface area (Å²) in [5.41, 5.74) is 2.47. The zero-order valence-electron chi connectivity index (χ0n) is 18.4. The Bertz CT molecular complexity index is 1210. The summed E-state index contributed by atoms with van der Waals surface area (Å²) in [4.78, 5) is 29.3. The highest BCUT2D eigenvalue weighted by Crippen LogP contribution is 2.44. The van der Waals surface area contributed by atoms with Crippen LogP contribution in [0.3, 0.4) is 0 Å². The second-order valence-electron chi connectivity index (χ2n) is 9.06. The molecule has 0 saturated carbocycles. The first kappa shape index (κ1) is 20.1. The molecule has 33 heavy (non-hydrogen) atoms. The quantitative estimate of drug-likeness (QED) is 0.604. The van der Waals surface area contributed by atoms with Crippen molar-refractivity contribution < 1.29 is 19.1 Å². The second kappa shape index (κ2) is 8.10. The van der Waals surface area contributed by atoms with E-state index >= 15 is 0 Å². The standard InChI is InChI=1S/C27H26N2O4/c30-25(17-32-23-11-5-8-18-6-1-3-9-21(18)23)28-14-12-20(13-15-28)29-26-22-10-4-2-7-19(22)16-24(26)33-27(29)31/h1-11,20,24,26H,12-17H2/t24-,26+/m0/s1. The minimum atomic E-state index is -0.219. The van der Waals surface area contributed by atoms with Gasteiger partial charge in [-0.2, -0.15) is 0 Å². The summed E-state index contributed by atoms with van der Waals surface area (Å²) < 4.78 is 11.6. The first-order valence-corrected chi connectivity index (χ1v) is 11.6. The first-order chi connectivity index (χ1) is 16.2. The van der Waals surface area contributed by atoms with E-state index in [0.717, 1.165) is 35.8 Å². The number of hydrogen-bond donors (Lipinski definition) is 0. The summed E-state index contributed by atoms with van der Waals surface area (Å²) >= 11 is 0. The molecule has 2 saturated heterocycles. The van der Waals surface area contributed by atoms with Crippen molar-refractivity contribution in [2.24, 2.45) is 0 Å². The zero-order valence-corrected chi connectivity index (χ0v) is 18.4. The minimum absolute atomic E-state index is 0.00403. The predicted molar refractivity (Wildman–Crippen MR) is 124 cm³/mol. The molecule has 1 aliphatic carbocycles. The Morgan fingerprint density at radius 2 is 1.73 bits per heavy atom. The van der Waals surface area contributed by atoms with Crippen LogP contribution in [0.1, 0.15) is 30.0 Å². The van der Waals surface area contributed by atoms with E-state index < -0.39 is 0 Å². The van der Waals surface area contributed by atoms with Crippen molar-refractivity contribution >= 4 is 22.8 Å². The number of piperidine rings is 1. The third-order valence-electron chi connectivity index (χ3n) is 7.22. The predicted octanol–water partition coefficient (Wildman–Crippen LogP) is 4.33.